The first-order valence-electron chi connectivity index (χ1n) is 12.3. The van der Waals surface area contributed by atoms with Crippen LogP contribution in [0.4, 0.5) is 18.9 Å². The van der Waals surface area contributed by atoms with Crippen molar-refractivity contribution in [3.63, 3.8) is 0 Å². The molecule has 2 heterocycles. The maximum absolute atomic E-state index is 14.0. The minimum Gasteiger partial charge on any atom is -0.351 e. The van der Waals surface area contributed by atoms with Crippen LogP contribution in [0.5, 0.6) is 0 Å². The van der Waals surface area contributed by atoms with Crippen molar-refractivity contribution in [2.45, 2.75) is 61.7 Å². The average Bonchev–Trinajstić information content (AvgIpc) is 3.03. The van der Waals surface area contributed by atoms with Crippen molar-refractivity contribution in [1.82, 2.24) is 9.88 Å². The largest absolute Gasteiger partial charge is 0.416 e. The van der Waals surface area contributed by atoms with Gasteiger partial charge in [0.25, 0.3) is 0 Å². The molecule has 1 aromatic heterocycles. The number of alkyl halides is 3. The summed E-state index contributed by atoms with van der Waals surface area (Å²) < 4.78 is 42.6. The number of nitrogens with one attached hydrogen (secondary N) is 1. The smallest absolute Gasteiger partial charge is 0.351 e. The molecule has 1 atom stereocenters. The predicted molar refractivity (Wildman–Crippen MR) is 135 cm³/mol. The first kappa shape index (κ1) is 24.7. The maximum atomic E-state index is 14.0. The van der Waals surface area contributed by atoms with Gasteiger partial charge < -0.3 is 9.88 Å². The number of amides is 2. The Balaban J connectivity index is 1.66. The van der Waals surface area contributed by atoms with Crippen LogP contribution < -0.4 is 10.2 Å². The second-order valence-corrected chi connectivity index (χ2v) is 10.5. The first-order chi connectivity index (χ1) is 17.3. The van der Waals surface area contributed by atoms with Gasteiger partial charge in [-0.05, 0) is 37.1 Å². The Morgan fingerprint density at radius 3 is 2.47 bits per heavy atom. The minimum absolute atomic E-state index is 0.0183. The lowest BCUT2D eigenvalue weighted by atomic mass is 10.0. The minimum atomic E-state index is -4.57. The van der Waals surface area contributed by atoms with Gasteiger partial charge in [0, 0.05) is 34.6 Å². The SMILES string of the molecule is Cn1c2c(c3ccccc31)SCC(=O)N(c1cccc(C(F)(F)F)c1)C2C(=O)NC1CCCCCC1. The average molecular weight is 516 g/mol. The standard InChI is InChI=1S/C27H28F3N3O2S/c1-32-21-14-7-6-13-20(21)25-23(32)24(26(35)31-18-10-4-2-3-5-11-18)33(22(34)16-36-25)19-12-8-9-17(15-19)27(28,29)30/h6-9,12-15,18,24H,2-5,10-11,16H2,1H3,(H,31,35). The lowest BCUT2D eigenvalue weighted by Crippen LogP contribution is -2.47. The fraction of sp³-hybridized carbons (Fsp3) is 0.407. The Kier molecular flexibility index (Phi) is 6.76. The number of aryl methyl sites for hydroxylation is 1. The number of rotatable bonds is 3. The normalized spacial score (nSPS) is 19.6. The van der Waals surface area contributed by atoms with Crippen LogP contribution in [0.2, 0.25) is 0 Å². The molecule has 1 saturated carbocycles. The number of nitrogens with zero attached hydrogens (tertiary/aromatic N) is 2. The number of para-hydroxylation sites is 1. The summed E-state index contributed by atoms with van der Waals surface area (Å²) >= 11 is 1.33. The lowest BCUT2D eigenvalue weighted by molar-refractivity contribution is -0.137. The monoisotopic (exact) mass is 515 g/mol. The zero-order valence-corrected chi connectivity index (χ0v) is 20.8. The summed E-state index contributed by atoms with van der Waals surface area (Å²) in [6, 6.07) is 11.3. The lowest BCUT2D eigenvalue weighted by Gasteiger charge is -2.32. The Morgan fingerprint density at radius 2 is 1.75 bits per heavy atom. The number of hydrogen-bond acceptors (Lipinski definition) is 3. The third-order valence-corrected chi connectivity index (χ3v) is 8.24. The molecule has 0 bridgehead atoms. The van der Waals surface area contributed by atoms with Crippen LogP contribution in [-0.2, 0) is 22.8 Å². The van der Waals surface area contributed by atoms with Crippen LogP contribution >= 0.6 is 11.8 Å². The fourth-order valence-electron chi connectivity index (χ4n) is 5.38. The Bertz CT molecular complexity index is 1300. The number of hydrogen-bond donors (Lipinski definition) is 1. The number of fused-ring (bicyclic) bond motifs is 3. The second kappa shape index (κ2) is 9.84. The van der Waals surface area contributed by atoms with Crippen LogP contribution in [0.3, 0.4) is 0 Å². The molecule has 1 aliphatic carbocycles. The molecule has 0 spiro atoms. The number of halogens is 3. The van der Waals surface area contributed by atoms with Crippen LogP contribution in [0, 0.1) is 0 Å². The van der Waals surface area contributed by atoms with Gasteiger partial charge in [-0.25, -0.2) is 0 Å². The van der Waals surface area contributed by atoms with Crippen LogP contribution in [0.1, 0.15) is 55.8 Å². The fourth-order valence-corrected chi connectivity index (χ4v) is 6.51. The van der Waals surface area contributed by atoms with Crippen molar-refractivity contribution in [2.24, 2.45) is 7.05 Å². The van der Waals surface area contributed by atoms with Crippen LogP contribution in [0.15, 0.2) is 53.4 Å². The van der Waals surface area contributed by atoms with Gasteiger partial charge >= 0.3 is 6.18 Å². The summed E-state index contributed by atoms with van der Waals surface area (Å²) in [5.74, 6) is -0.743. The van der Waals surface area contributed by atoms with Crippen molar-refractivity contribution in [3.8, 4) is 0 Å². The van der Waals surface area contributed by atoms with Crippen molar-refractivity contribution >= 4 is 40.2 Å². The predicted octanol–water partition coefficient (Wildman–Crippen LogP) is 6.22. The highest BCUT2D eigenvalue weighted by atomic mass is 32.2. The molecule has 5 rings (SSSR count). The third kappa shape index (κ3) is 4.61. The van der Waals surface area contributed by atoms with E-state index in [9.17, 15) is 22.8 Å². The van der Waals surface area contributed by atoms with Gasteiger partial charge in [-0.2, -0.15) is 13.2 Å². The number of anilines is 1. The molecule has 1 aliphatic heterocycles. The van der Waals surface area contributed by atoms with Gasteiger partial charge in [0.1, 0.15) is 0 Å². The number of aromatic nitrogens is 1. The molecule has 5 nitrogen and oxygen atoms in total. The molecule has 0 radical (unpaired) electrons. The number of carbonyl (C=O) groups excluding carboxylic acids is 2. The second-order valence-electron chi connectivity index (χ2n) is 9.49. The van der Waals surface area contributed by atoms with E-state index < -0.39 is 23.7 Å². The summed E-state index contributed by atoms with van der Waals surface area (Å²) in [7, 11) is 1.84. The number of benzene rings is 2. The number of thioether (sulfide) groups is 1. The van der Waals surface area contributed by atoms with E-state index in [1.807, 2.05) is 35.9 Å². The molecule has 36 heavy (non-hydrogen) atoms. The van der Waals surface area contributed by atoms with Crippen molar-refractivity contribution in [3.05, 3.63) is 59.8 Å². The van der Waals surface area contributed by atoms with E-state index in [0.717, 1.165) is 66.5 Å². The van der Waals surface area contributed by atoms with E-state index >= 15 is 0 Å². The molecule has 9 heteroatoms. The maximum Gasteiger partial charge on any atom is 0.416 e. The van der Waals surface area contributed by atoms with E-state index in [0.29, 0.717) is 5.69 Å². The highest BCUT2D eigenvalue weighted by Gasteiger charge is 2.41. The third-order valence-electron chi connectivity index (χ3n) is 7.13. The first-order valence-corrected chi connectivity index (χ1v) is 13.2. The molecule has 1 N–H and O–H groups in total. The molecule has 3 aromatic rings. The summed E-state index contributed by atoms with van der Waals surface area (Å²) in [4.78, 5) is 29.6. The Labute approximate surface area is 212 Å². The van der Waals surface area contributed by atoms with Gasteiger partial charge in [-0.1, -0.05) is 49.9 Å². The topological polar surface area (TPSA) is 54.3 Å². The molecule has 0 saturated heterocycles. The van der Waals surface area contributed by atoms with Crippen LogP contribution in [0.25, 0.3) is 10.9 Å². The molecule has 1 unspecified atom stereocenters. The zero-order chi connectivity index (χ0) is 25.4. The zero-order valence-electron chi connectivity index (χ0n) is 20.0. The molecule has 190 valence electrons. The Hall–Kier alpha value is -2.94. The molecular formula is C27H28F3N3O2S. The van der Waals surface area contributed by atoms with Crippen molar-refractivity contribution < 1.29 is 22.8 Å². The van der Waals surface area contributed by atoms with E-state index in [1.54, 1.807) is 0 Å². The number of carbonyl (C=O) groups is 2. The highest BCUT2D eigenvalue weighted by Crippen LogP contribution is 2.44. The summed E-state index contributed by atoms with van der Waals surface area (Å²) in [5, 5.41) is 4.08. The molecule has 1 fully saturated rings. The van der Waals surface area contributed by atoms with E-state index in [4.69, 9.17) is 0 Å². The van der Waals surface area contributed by atoms with Gasteiger partial charge in [0.15, 0.2) is 6.04 Å². The van der Waals surface area contributed by atoms with Gasteiger partial charge in [-0.3, -0.25) is 14.5 Å². The van der Waals surface area contributed by atoms with E-state index in [1.165, 1.54) is 28.8 Å². The molecule has 2 aliphatic rings. The molecule has 2 aromatic carbocycles. The van der Waals surface area contributed by atoms with Crippen LogP contribution in [-0.4, -0.2) is 28.2 Å². The summed E-state index contributed by atoms with van der Waals surface area (Å²) in [6.45, 7) is 0. The van der Waals surface area contributed by atoms with Gasteiger partial charge in [0.2, 0.25) is 11.8 Å². The molecule has 2 amide bonds. The highest BCUT2D eigenvalue weighted by molar-refractivity contribution is 8.00. The van der Waals surface area contributed by atoms with Crippen molar-refractivity contribution in [1.29, 1.82) is 0 Å². The quantitative estimate of drug-likeness (QED) is 0.422. The Morgan fingerprint density at radius 1 is 1.03 bits per heavy atom. The summed E-state index contributed by atoms with van der Waals surface area (Å²) in [5.41, 5.74) is 0.732. The summed E-state index contributed by atoms with van der Waals surface area (Å²) in [6.07, 6.45) is 1.41. The van der Waals surface area contributed by atoms with E-state index in [2.05, 4.69) is 5.32 Å². The molecular weight excluding hydrogens is 487 g/mol. The van der Waals surface area contributed by atoms with Gasteiger partial charge in [-0.15, -0.1) is 11.8 Å². The van der Waals surface area contributed by atoms with Gasteiger partial charge in [0.05, 0.1) is 17.0 Å². The van der Waals surface area contributed by atoms with Crippen molar-refractivity contribution in [2.75, 3.05) is 10.7 Å². The van der Waals surface area contributed by atoms with E-state index in [-0.39, 0.29) is 23.4 Å².